The van der Waals surface area contributed by atoms with Crippen LogP contribution in [0.25, 0.3) is 0 Å². The zero-order chi connectivity index (χ0) is 26.1. The zero-order valence-corrected chi connectivity index (χ0v) is 21.6. The number of nitrogens with zero attached hydrogens (tertiary/aromatic N) is 1. The second-order valence-corrected chi connectivity index (χ2v) is 9.45. The quantitative estimate of drug-likeness (QED) is 0.501. The Bertz CT molecular complexity index is 862. The molecule has 0 aliphatic rings. The minimum atomic E-state index is -1.00. The van der Waals surface area contributed by atoms with Gasteiger partial charge in [-0.15, -0.1) is 0 Å². The summed E-state index contributed by atoms with van der Waals surface area (Å²) >= 11 is 0. The van der Waals surface area contributed by atoms with Crippen molar-refractivity contribution in [1.29, 1.82) is 0 Å². The van der Waals surface area contributed by atoms with E-state index in [1.807, 2.05) is 39.8 Å². The highest BCUT2D eigenvalue weighted by Crippen LogP contribution is 2.26. The first-order valence-corrected chi connectivity index (χ1v) is 11.5. The van der Waals surface area contributed by atoms with E-state index in [1.165, 1.54) is 12.0 Å². The number of benzene rings is 1. The molecule has 0 spiro atoms. The van der Waals surface area contributed by atoms with Gasteiger partial charge in [-0.2, -0.15) is 0 Å². The van der Waals surface area contributed by atoms with Crippen LogP contribution in [0.5, 0.6) is 0 Å². The van der Waals surface area contributed by atoms with Gasteiger partial charge in [-0.3, -0.25) is 14.4 Å². The van der Waals surface area contributed by atoms with Gasteiger partial charge in [0.1, 0.15) is 24.2 Å². The lowest BCUT2D eigenvalue weighted by Gasteiger charge is -2.36. The van der Waals surface area contributed by atoms with Crippen LogP contribution in [0, 0.1) is 12.8 Å². The lowest BCUT2D eigenvalue weighted by atomic mass is 9.96. The average Bonchev–Trinajstić information content (AvgIpc) is 2.74. The van der Waals surface area contributed by atoms with Crippen molar-refractivity contribution in [2.45, 2.75) is 72.6 Å². The molecule has 0 bridgehead atoms. The summed E-state index contributed by atoms with van der Waals surface area (Å²) in [4.78, 5) is 52.6. The maximum atomic E-state index is 13.8. The standard InChI is InChI=1S/C25H39N3O6/c1-9-14-28(23(31)20(16(2)3)27-24(32)34-25(5,6)7)21(18-13-11-10-12-17(18)4)22(30)26-15-19(29)33-8/h10-13,16,20-21H,9,14-15H2,1-8H3,(H,26,30)(H,27,32). The Hall–Kier alpha value is -3.10. The maximum Gasteiger partial charge on any atom is 0.408 e. The highest BCUT2D eigenvalue weighted by molar-refractivity contribution is 5.93. The van der Waals surface area contributed by atoms with Crippen LogP contribution in [0.3, 0.4) is 0 Å². The van der Waals surface area contributed by atoms with Gasteiger partial charge < -0.3 is 25.0 Å². The monoisotopic (exact) mass is 477 g/mol. The Morgan fingerprint density at radius 3 is 2.21 bits per heavy atom. The molecular weight excluding hydrogens is 438 g/mol. The Morgan fingerprint density at radius 1 is 1.09 bits per heavy atom. The summed E-state index contributed by atoms with van der Waals surface area (Å²) in [7, 11) is 1.23. The Balaban J connectivity index is 3.40. The summed E-state index contributed by atoms with van der Waals surface area (Å²) in [6, 6.07) is 5.34. The summed E-state index contributed by atoms with van der Waals surface area (Å²) in [6.45, 7) is 12.5. The second-order valence-electron chi connectivity index (χ2n) is 9.45. The third-order valence-corrected chi connectivity index (χ3v) is 5.03. The van der Waals surface area contributed by atoms with Gasteiger partial charge in [0.05, 0.1) is 7.11 Å². The van der Waals surface area contributed by atoms with E-state index in [0.29, 0.717) is 12.0 Å². The molecular formula is C25H39N3O6. The van der Waals surface area contributed by atoms with Gasteiger partial charge in [0.15, 0.2) is 0 Å². The van der Waals surface area contributed by atoms with Crippen molar-refractivity contribution in [2.24, 2.45) is 5.92 Å². The molecule has 3 amide bonds. The number of hydrogen-bond donors (Lipinski definition) is 2. The van der Waals surface area contributed by atoms with E-state index in [2.05, 4.69) is 15.4 Å². The lowest BCUT2D eigenvalue weighted by molar-refractivity contribution is -0.145. The first-order chi connectivity index (χ1) is 15.8. The molecule has 0 aliphatic carbocycles. The predicted molar refractivity (Wildman–Crippen MR) is 129 cm³/mol. The first-order valence-electron chi connectivity index (χ1n) is 11.5. The number of nitrogens with one attached hydrogen (secondary N) is 2. The van der Waals surface area contributed by atoms with E-state index < -0.39 is 41.6 Å². The molecule has 34 heavy (non-hydrogen) atoms. The summed E-state index contributed by atoms with van der Waals surface area (Å²) < 4.78 is 9.97. The van der Waals surface area contributed by atoms with Crippen LogP contribution < -0.4 is 10.6 Å². The maximum absolute atomic E-state index is 13.8. The van der Waals surface area contributed by atoms with E-state index >= 15 is 0 Å². The number of carbonyl (C=O) groups is 4. The van der Waals surface area contributed by atoms with Gasteiger partial charge in [0.2, 0.25) is 11.8 Å². The highest BCUT2D eigenvalue weighted by Gasteiger charge is 2.37. The topological polar surface area (TPSA) is 114 Å². The molecule has 9 nitrogen and oxygen atoms in total. The SMILES string of the molecule is CCCN(C(=O)C(NC(=O)OC(C)(C)C)C(C)C)C(C(=O)NCC(=O)OC)c1ccccc1C. The van der Waals surface area contributed by atoms with Crippen molar-refractivity contribution in [2.75, 3.05) is 20.2 Å². The number of amides is 3. The minimum Gasteiger partial charge on any atom is -0.468 e. The van der Waals surface area contributed by atoms with Crippen molar-refractivity contribution in [1.82, 2.24) is 15.5 Å². The lowest BCUT2D eigenvalue weighted by Crippen LogP contribution is -2.55. The third-order valence-electron chi connectivity index (χ3n) is 5.03. The van der Waals surface area contributed by atoms with Crippen molar-refractivity contribution in [3.63, 3.8) is 0 Å². The largest absolute Gasteiger partial charge is 0.468 e. The van der Waals surface area contributed by atoms with Gasteiger partial charge in [-0.25, -0.2) is 4.79 Å². The predicted octanol–water partition coefficient (Wildman–Crippen LogP) is 3.11. The van der Waals surface area contributed by atoms with Crippen LogP contribution in [0.15, 0.2) is 24.3 Å². The normalized spacial score (nSPS) is 13.0. The van der Waals surface area contributed by atoms with Gasteiger partial charge in [0.25, 0.3) is 0 Å². The molecule has 190 valence electrons. The van der Waals surface area contributed by atoms with E-state index in [9.17, 15) is 19.2 Å². The zero-order valence-electron chi connectivity index (χ0n) is 21.6. The van der Waals surface area contributed by atoms with Gasteiger partial charge in [0, 0.05) is 6.54 Å². The number of carbonyl (C=O) groups excluding carboxylic acids is 4. The number of ether oxygens (including phenoxy) is 2. The van der Waals surface area contributed by atoms with Crippen LogP contribution in [0.1, 0.15) is 65.1 Å². The Morgan fingerprint density at radius 2 is 1.71 bits per heavy atom. The molecule has 1 rings (SSSR count). The van der Waals surface area contributed by atoms with Gasteiger partial charge >= 0.3 is 12.1 Å². The molecule has 0 heterocycles. The fourth-order valence-electron chi connectivity index (χ4n) is 3.41. The van der Waals surface area contributed by atoms with Gasteiger partial charge in [-0.05, 0) is 51.2 Å². The first kappa shape index (κ1) is 28.9. The van der Waals surface area contributed by atoms with Crippen LogP contribution >= 0.6 is 0 Å². The van der Waals surface area contributed by atoms with Crippen molar-refractivity contribution >= 4 is 23.9 Å². The van der Waals surface area contributed by atoms with Crippen molar-refractivity contribution in [3.05, 3.63) is 35.4 Å². The van der Waals surface area contributed by atoms with Gasteiger partial charge in [-0.1, -0.05) is 45.0 Å². The minimum absolute atomic E-state index is 0.267. The average molecular weight is 478 g/mol. The smallest absolute Gasteiger partial charge is 0.408 e. The molecule has 0 radical (unpaired) electrons. The summed E-state index contributed by atoms with van der Waals surface area (Å²) in [5.41, 5.74) is 0.720. The number of aryl methyl sites for hydroxylation is 1. The summed E-state index contributed by atoms with van der Waals surface area (Å²) in [6.07, 6.45) is -0.131. The molecule has 2 atom stereocenters. The summed E-state index contributed by atoms with van der Waals surface area (Å²) in [5, 5.41) is 5.25. The fraction of sp³-hybridized carbons (Fsp3) is 0.600. The van der Waals surface area contributed by atoms with Crippen molar-refractivity contribution in [3.8, 4) is 0 Å². The van der Waals surface area contributed by atoms with Crippen LogP contribution in [-0.2, 0) is 23.9 Å². The number of esters is 1. The molecule has 0 saturated heterocycles. The summed E-state index contributed by atoms with van der Waals surface area (Å²) in [5.74, 6) is -1.79. The van der Waals surface area contributed by atoms with E-state index in [0.717, 1.165) is 5.56 Å². The highest BCUT2D eigenvalue weighted by atomic mass is 16.6. The molecule has 1 aromatic carbocycles. The Labute approximate surface area is 202 Å². The fourth-order valence-corrected chi connectivity index (χ4v) is 3.41. The molecule has 2 unspecified atom stereocenters. The molecule has 2 N–H and O–H groups in total. The van der Waals surface area contributed by atoms with Crippen LogP contribution in [0.4, 0.5) is 4.79 Å². The second kappa shape index (κ2) is 13.0. The van der Waals surface area contributed by atoms with E-state index in [1.54, 1.807) is 32.9 Å². The molecule has 0 saturated carbocycles. The number of methoxy groups -OCH3 is 1. The van der Waals surface area contributed by atoms with Crippen molar-refractivity contribution < 1.29 is 28.7 Å². The molecule has 0 aliphatic heterocycles. The van der Waals surface area contributed by atoms with E-state index in [-0.39, 0.29) is 19.0 Å². The molecule has 9 heteroatoms. The van der Waals surface area contributed by atoms with Crippen LogP contribution in [-0.4, -0.2) is 60.6 Å². The number of hydrogen-bond acceptors (Lipinski definition) is 6. The Kier molecular flexibility index (Phi) is 11.0. The van der Waals surface area contributed by atoms with E-state index in [4.69, 9.17) is 4.74 Å². The third kappa shape index (κ3) is 8.68. The molecule has 0 aromatic heterocycles. The number of alkyl carbamates (subject to hydrolysis) is 1. The number of rotatable bonds is 10. The molecule has 0 fully saturated rings. The van der Waals surface area contributed by atoms with Crippen LogP contribution in [0.2, 0.25) is 0 Å². The molecule has 1 aromatic rings.